The summed E-state index contributed by atoms with van der Waals surface area (Å²) in [6, 6.07) is 13.9. The van der Waals surface area contributed by atoms with Crippen molar-refractivity contribution in [2.45, 2.75) is 51.9 Å². The number of ether oxygens (including phenoxy) is 3. The summed E-state index contributed by atoms with van der Waals surface area (Å²) in [4.78, 5) is 15.1. The fourth-order valence-electron chi connectivity index (χ4n) is 3.71. The molecule has 6 heteroatoms. The van der Waals surface area contributed by atoms with E-state index in [9.17, 15) is 4.79 Å². The number of benzene rings is 2. The summed E-state index contributed by atoms with van der Waals surface area (Å²) in [5.74, 6) is 2.41. The van der Waals surface area contributed by atoms with Crippen molar-refractivity contribution in [3.63, 3.8) is 0 Å². The van der Waals surface area contributed by atoms with E-state index in [2.05, 4.69) is 22.3 Å². The highest BCUT2D eigenvalue weighted by molar-refractivity contribution is 5.86. The summed E-state index contributed by atoms with van der Waals surface area (Å²) < 4.78 is 16.4. The van der Waals surface area contributed by atoms with Crippen LogP contribution in [0, 0.1) is 0 Å². The van der Waals surface area contributed by atoms with Crippen LogP contribution in [0.2, 0.25) is 0 Å². The van der Waals surface area contributed by atoms with Gasteiger partial charge in [-0.05, 0) is 62.6 Å². The lowest BCUT2D eigenvalue weighted by Crippen LogP contribution is -2.65. The second-order valence-electron chi connectivity index (χ2n) is 8.13. The Balaban J connectivity index is 1.33. The van der Waals surface area contributed by atoms with Crippen molar-refractivity contribution in [2.24, 2.45) is 0 Å². The van der Waals surface area contributed by atoms with E-state index in [1.165, 1.54) is 5.56 Å². The number of nitrogens with one attached hydrogen (secondary N) is 1. The molecule has 0 aliphatic carbocycles. The standard InChI is InChI=1S/C23H28N2O4/c1-16(2)29-19-7-4-17(5-8-19)14-25-11-10-23(25,3)22(26)24-13-18-6-9-20-21(12-18)28-15-27-20/h4-9,12,16H,10-11,13-15H2,1-3H3,(H,24,26). The number of amides is 1. The van der Waals surface area contributed by atoms with Crippen LogP contribution in [-0.2, 0) is 17.9 Å². The minimum Gasteiger partial charge on any atom is -0.491 e. The van der Waals surface area contributed by atoms with Crippen molar-refractivity contribution >= 4 is 5.91 Å². The number of carbonyl (C=O) groups is 1. The predicted octanol–water partition coefficient (Wildman–Crippen LogP) is 3.48. The Morgan fingerprint density at radius 2 is 1.86 bits per heavy atom. The highest BCUT2D eigenvalue weighted by atomic mass is 16.7. The van der Waals surface area contributed by atoms with E-state index in [0.717, 1.165) is 42.3 Å². The Kier molecular flexibility index (Phi) is 5.37. The molecular formula is C23H28N2O4. The summed E-state index contributed by atoms with van der Waals surface area (Å²) in [5, 5.41) is 3.08. The average molecular weight is 396 g/mol. The van der Waals surface area contributed by atoms with Crippen molar-refractivity contribution in [2.75, 3.05) is 13.3 Å². The molecule has 2 heterocycles. The third-order valence-electron chi connectivity index (χ3n) is 5.61. The van der Waals surface area contributed by atoms with Crippen molar-refractivity contribution in [1.29, 1.82) is 0 Å². The first-order chi connectivity index (χ1) is 13.9. The SMILES string of the molecule is CC(C)Oc1ccc(CN2CCC2(C)C(=O)NCc2ccc3c(c2)OCO3)cc1. The molecule has 154 valence electrons. The number of fused-ring (bicyclic) bond motifs is 1. The molecule has 1 saturated heterocycles. The van der Waals surface area contributed by atoms with E-state index in [0.29, 0.717) is 6.54 Å². The largest absolute Gasteiger partial charge is 0.491 e. The lowest BCUT2D eigenvalue weighted by atomic mass is 9.85. The van der Waals surface area contributed by atoms with Gasteiger partial charge in [0.05, 0.1) is 11.6 Å². The first kappa shape index (κ1) is 19.6. The molecule has 2 aliphatic rings. The predicted molar refractivity (Wildman–Crippen MR) is 110 cm³/mol. The number of nitrogens with zero attached hydrogens (tertiary/aromatic N) is 1. The van der Waals surface area contributed by atoms with Crippen LogP contribution in [0.3, 0.4) is 0 Å². The molecule has 2 aromatic rings. The van der Waals surface area contributed by atoms with Crippen LogP contribution in [0.5, 0.6) is 17.2 Å². The Morgan fingerprint density at radius 3 is 2.55 bits per heavy atom. The molecule has 2 aliphatic heterocycles. The zero-order valence-corrected chi connectivity index (χ0v) is 17.2. The van der Waals surface area contributed by atoms with Gasteiger partial charge in [0.2, 0.25) is 12.7 Å². The van der Waals surface area contributed by atoms with Crippen molar-refractivity contribution in [3.8, 4) is 17.2 Å². The number of carbonyl (C=O) groups excluding carboxylic acids is 1. The quantitative estimate of drug-likeness (QED) is 0.776. The molecule has 29 heavy (non-hydrogen) atoms. The molecule has 1 amide bonds. The van der Waals surface area contributed by atoms with E-state index in [-0.39, 0.29) is 18.8 Å². The van der Waals surface area contributed by atoms with Crippen LogP contribution in [0.1, 0.15) is 38.3 Å². The minimum atomic E-state index is -0.483. The Morgan fingerprint density at radius 1 is 1.14 bits per heavy atom. The summed E-state index contributed by atoms with van der Waals surface area (Å²) in [6.45, 7) is 8.43. The van der Waals surface area contributed by atoms with Crippen LogP contribution in [-0.4, -0.2) is 35.8 Å². The van der Waals surface area contributed by atoms with Gasteiger partial charge in [0.25, 0.3) is 0 Å². The fourth-order valence-corrected chi connectivity index (χ4v) is 3.71. The van der Waals surface area contributed by atoms with Gasteiger partial charge in [-0.25, -0.2) is 0 Å². The van der Waals surface area contributed by atoms with E-state index < -0.39 is 5.54 Å². The summed E-state index contributed by atoms with van der Waals surface area (Å²) in [6.07, 6.45) is 1.02. The maximum Gasteiger partial charge on any atom is 0.240 e. The molecule has 0 radical (unpaired) electrons. The molecule has 1 atom stereocenters. The third-order valence-corrected chi connectivity index (χ3v) is 5.61. The van der Waals surface area contributed by atoms with Gasteiger partial charge in [0, 0.05) is 19.6 Å². The Hall–Kier alpha value is -2.73. The molecule has 1 N–H and O–H groups in total. The van der Waals surface area contributed by atoms with Crippen molar-refractivity contribution in [1.82, 2.24) is 10.2 Å². The monoisotopic (exact) mass is 396 g/mol. The number of hydrogen-bond acceptors (Lipinski definition) is 5. The number of hydrogen-bond donors (Lipinski definition) is 1. The maximum absolute atomic E-state index is 12.9. The molecule has 2 aromatic carbocycles. The fraction of sp³-hybridized carbons (Fsp3) is 0.435. The van der Waals surface area contributed by atoms with E-state index >= 15 is 0 Å². The first-order valence-corrected chi connectivity index (χ1v) is 10.1. The van der Waals surface area contributed by atoms with Gasteiger partial charge in [-0.1, -0.05) is 18.2 Å². The average Bonchev–Trinajstić information content (AvgIpc) is 3.17. The van der Waals surface area contributed by atoms with Gasteiger partial charge in [0.15, 0.2) is 11.5 Å². The van der Waals surface area contributed by atoms with E-state index in [1.54, 1.807) is 0 Å². The topological polar surface area (TPSA) is 60.0 Å². The summed E-state index contributed by atoms with van der Waals surface area (Å²) in [7, 11) is 0. The van der Waals surface area contributed by atoms with Gasteiger partial charge in [-0.2, -0.15) is 0 Å². The smallest absolute Gasteiger partial charge is 0.240 e. The van der Waals surface area contributed by atoms with Gasteiger partial charge in [-0.15, -0.1) is 0 Å². The zero-order chi connectivity index (χ0) is 20.4. The molecule has 1 fully saturated rings. The van der Waals surface area contributed by atoms with Gasteiger partial charge in [-0.3, -0.25) is 9.69 Å². The van der Waals surface area contributed by atoms with Gasteiger partial charge >= 0.3 is 0 Å². The Bertz CT molecular complexity index is 881. The highest BCUT2D eigenvalue weighted by Gasteiger charge is 2.46. The number of rotatable bonds is 7. The maximum atomic E-state index is 12.9. The molecule has 0 aromatic heterocycles. The van der Waals surface area contributed by atoms with Crippen LogP contribution in [0.15, 0.2) is 42.5 Å². The first-order valence-electron chi connectivity index (χ1n) is 10.1. The third kappa shape index (κ3) is 4.17. The van der Waals surface area contributed by atoms with E-state index in [4.69, 9.17) is 14.2 Å². The van der Waals surface area contributed by atoms with Crippen LogP contribution in [0.25, 0.3) is 0 Å². The molecule has 4 rings (SSSR count). The summed E-state index contributed by atoms with van der Waals surface area (Å²) in [5.41, 5.74) is 1.69. The van der Waals surface area contributed by atoms with Crippen LogP contribution < -0.4 is 19.5 Å². The molecule has 0 bridgehead atoms. The molecule has 6 nitrogen and oxygen atoms in total. The lowest BCUT2D eigenvalue weighted by Gasteiger charge is -2.49. The minimum absolute atomic E-state index is 0.0566. The second kappa shape index (κ2) is 7.95. The highest BCUT2D eigenvalue weighted by Crippen LogP contribution is 2.34. The molecular weight excluding hydrogens is 368 g/mol. The lowest BCUT2D eigenvalue weighted by molar-refractivity contribution is -0.142. The molecule has 1 unspecified atom stereocenters. The van der Waals surface area contributed by atoms with Crippen LogP contribution >= 0.6 is 0 Å². The second-order valence-corrected chi connectivity index (χ2v) is 8.13. The van der Waals surface area contributed by atoms with E-state index in [1.807, 2.05) is 51.1 Å². The van der Waals surface area contributed by atoms with Crippen molar-refractivity contribution < 1.29 is 19.0 Å². The van der Waals surface area contributed by atoms with Crippen LogP contribution in [0.4, 0.5) is 0 Å². The van der Waals surface area contributed by atoms with Crippen molar-refractivity contribution in [3.05, 3.63) is 53.6 Å². The Labute approximate surface area is 171 Å². The normalized spacial score (nSPS) is 20.4. The van der Waals surface area contributed by atoms with Gasteiger partial charge in [0.1, 0.15) is 5.75 Å². The molecule has 0 spiro atoms. The summed E-state index contributed by atoms with van der Waals surface area (Å²) >= 11 is 0. The number of likely N-dealkylation sites (tertiary alicyclic amines) is 1. The zero-order valence-electron chi connectivity index (χ0n) is 17.2. The molecule has 0 saturated carbocycles. The van der Waals surface area contributed by atoms with Gasteiger partial charge < -0.3 is 19.5 Å².